The van der Waals surface area contributed by atoms with Gasteiger partial charge in [-0.1, -0.05) is 50.3 Å². The maximum atomic E-state index is 15.0. The third-order valence-corrected chi connectivity index (χ3v) is 17.7. The Bertz CT molecular complexity index is 2120. The molecule has 4 fully saturated rings. The van der Waals surface area contributed by atoms with Gasteiger partial charge in [0.15, 0.2) is 12.6 Å². The fraction of sp³-hybridized carbons (Fsp3) is 0.842. The van der Waals surface area contributed by atoms with Crippen LogP contribution in [0.15, 0.2) is 30.5 Å². The van der Waals surface area contributed by atoms with E-state index in [2.05, 4.69) is 51.2 Å². The van der Waals surface area contributed by atoms with Gasteiger partial charge in [0.05, 0.1) is 47.2 Å². The Morgan fingerprint density at radius 1 is 0.909 bits per heavy atom. The number of aliphatic hydroxyl groups is 4. The van der Waals surface area contributed by atoms with Gasteiger partial charge in [0.25, 0.3) is 0 Å². The molecule has 19 atom stereocenters. The zero-order valence-corrected chi connectivity index (χ0v) is 49.1. The van der Waals surface area contributed by atoms with Gasteiger partial charge in [-0.3, -0.25) is 9.69 Å². The second kappa shape index (κ2) is 27.3. The summed E-state index contributed by atoms with van der Waals surface area (Å²) < 4.78 is 61.3. The van der Waals surface area contributed by atoms with Gasteiger partial charge in [-0.05, 0) is 106 Å². The van der Waals surface area contributed by atoms with Gasteiger partial charge in [0.1, 0.15) is 42.7 Å². The van der Waals surface area contributed by atoms with Crippen LogP contribution in [0.1, 0.15) is 130 Å². The SMILES string of the molecule is CC[C@H]1OC(=O)[C@H](C)[C@@H](O[C@H]2C[C@@](C)(OC)[C@@H](O)[C@H](C)O2)[C@H](C)[C@@H](O[C@H]2C[C@@H](N(C)CCc3cn([C@H](CF)[C@H](OC)c4ccc(CN5CCN(C)CC5)cc4)nn3)C[C@@H](C)O2)[C@](C)(O)C[C@@H](C)CN(C)[C@H](C)[C@@H](O)[C@]1(C)O. The summed E-state index contributed by atoms with van der Waals surface area (Å²) in [4.78, 5) is 23.5. The highest BCUT2D eigenvalue weighted by Gasteiger charge is 2.52. The van der Waals surface area contributed by atoms with Crippen molar-refractivity contribution in [1.29, 1.82) is 0 Å². The van der Waals surface area contributed by atoms with Crippen LogP contribution in [0.5, 0.6) is 0 Å². The number of methoxy groups -OCH3 is 2. The van der Waals surface area contributed by atoms with Crippen LogP contribution < -0.4 is 0 Å². The van der Waals surface area contributed by atoms with E-state index < -0.39 is 109 Å². The van der Waals surface area contributed by atoms with Gasteiger partial charge in [0, 0.05) is 103 Å². The summed E-state index contributed by atoms with van der Waals surface area (Å²) in [6.45, 7) is 23.4. The monoisotopic (exact) mass is 1090 g/mol. The molecule has 0 unspecified atom stereocenters. The lowest BCUT2D eigenvalue weighted by molar-refractivity contribution is -0.308. The van der Waals surface area contributed by atoms with Crippen molar-refractivity contribution < 1.29 is 62.8 Å². The molecule has 0 saturated carbocycles. The number of benzene rings is 1. The van der Waals surface area contributed by atoms with Crippen LogP contribution in [-0.4, -0.2) is 226 Å². The summed E-state index contributed by atoms with van der Waals surface area (Å²) in [6, 6.07) is 6.97. The minimum absolute atomic E-state index is 0.00697. The van der Waals surface area contributed by atoms with E-state index in [0.717, 1.165) is 38.3 Å². The average Bonchev–Trinajstić information content (AvgIpc) is 3.87. The molecule has 6 rings (SSSR count). The van der Waals surface area contributed by atoms with Crippen LogP contribution in [0, 0.1) is 17.8 Å². The first kappa shape index (κ1) is 63.4. The average molecular weight is 1090 g/mol. The first-order chi connectivity index (χ1) is 36.2. The number of carbonyl (C=O) groups excluding carboxylic acids is 1. The van der Waals surface area contributed by atoms with E-state index in [4.69, 9.17) is 33.2 Å². The van der Waals surface area contributed by atoms with Crippen LogP contribution in [-0.2, 0) is 50.9 Å². The Labute approximate surface area is 458 Å². The standard InChI is InChI=1S/C57H98FN7O12/c1-16-46-57(10,70)51(66)39(6)63(13)32-35(2)29-55(8,69)53(37(4)49(38(5)54(68)75-46)76-48-30-56(9,72-15)52(67)40(7)74-48)77-47-28-44(27-36(3)73-47)62(12)22-21-43-34-65(60-59-43)45(31-58)50(71-14)42-19-17-41(18-20-42)33-64-25-23-61(11)24-26-64/h17-20,34-40,44-53,66-67,69-70H,16,21-33H2,1-15H3/t35-,36-,37+,38-,39-,40+,44+,45-,46-,47+,48+,49+,50-,51-,52+,53-,55-,56-,57-/m1/s1. The molecule has 0 aliphatic carbocycles. The fourth-order valence-corrected chi connectivity index (χ4v) is 12.6. The van der Waals surface area contributed by atoms with E-state index >= 15 is 0 Å². The second-order valence-electron chi connectivity index (χ2n) is 24.2. The molecule has 4 N–H and O–H groups in total. The normalized spacial score (nSPS) is 38.9. The molecular formula is C57H98FN7O12. The number of hydrogen-bond donors (Lipinski definition) is 4. The Morgan fingerprint density at radius 3 is 2.21 bits per heavy atom. The van der Waals surface area contributed by atoms with E-state index in [9.17, 15) is 29.6 Å². The maximum absolute atomic E-state index is 15.0. The molecule has 440 valence electrons. The predicted molar refractivity (Wildman–Crippen MR) is 289 cm³/mol. The number of carbonyl (C=O) groups is 1. The largest absolute Gasteiger partial charge is 0.459 e. The van der Waals surface area contributed by atoms with Crippen molar-refractivity contribution >= 4 is 5.97 Å². The number of hydrogen-bond acceptors (Lipinski definition) is 18. The first-order valence-corrected chi connectivity index (χ1v) is 28.3. The van der Waals surface area contributed by atoms with Crippen LogP contribution in [0.25, 0.3) is 0 Å². The lowest BCUT2D eigenvalue weighted by Crippen LogP contribution is -2.59. The molecule has 77 heavy (non-hydrogen) atoms. The van der Waals surface area contributed by atoms with Gasteiger partial charge in [-0.15, -0.1) is 5.10 Å². The molecule has 20 heteroatoms. The van der Waals surface area contributed by atoms with Crippen molar-refractivity contribution in [2.45, 2.75) is 211 Å². The number of halogens is 1. The number of esters is 1. The smallest absolute Gasteiger partial charge is 0.311 e. The minimum Gasteiger partial charge on any atom is -0.459 e. The Kier molecular flexibility index (Phi) is 22.5. The van der Waals surface area contributed by atoms with Gasteiger partial charge in [0.2, 0.25) is 0 Å². The van der Waals surface area contributed by atoms with Crippen molar-refractivity contribution in [2.75, 3.05) is 81.3 Å². The molecule has 4 aliphatic rings. The summed E-state index contributed by atoms with van der Waals surface area (Å²) in [7, 11) is 9.18. The molecule has 5 heterocycles. The molecule has 19 nitrogen and oxygen atoms in total. The summed E-state index contributed by atoms with van der Waals surface area (Å²) in [5, 5.41) is 56.5. The predicted octanol–water partition coefficient (Wildman–Crippen LogP) is 4.78. The summed E-state index contributed by atoms with van der Waals surface area (Å²) in [6.07, 6.45) is -4.41. The number of nitrogens with zero attached hydrogens (tertiary/aromatic N) is 7. The Morgan fingerprint density at radius 2 is 1.58 bits per heavy atom. The number of piperazine rings is 1. The number of ether oxygens (including phenoxy) is 7. The fourth-order valence-electron chi connectivity index (χ4n) is 12.6. The molecule has 0 bridgehead atoms. The van der Waals surface area contributed by atoms with Crippen LogP contribution in [0.2, 0.25) is 0 Å². The highest BCUT2D eigenvalue weighted by Crippen LogP contribution is 2.41. The van der Waals surface area contributed by atoms with Crippen LogP contribution in [0.3, 0.4) is 0 Å². The molecular weight excluding hydrogens is 994 g/mol. The molecule has 2 aromatic rings. The number of rotatable bonds is 17. The molecule has 4 aliphatic heterocycles. The quantitative estimate of drug-likeness (QED) is 0.157. The molecule has 0 radical (unpaired) electrons. The summed E-state index contributed by atoms with van der Waals surface area (Å²) >= 11 is 0. The van der Waals surface area contributed by atoms with Crippen molar-refractivity contribution in [3.8, 4) is 0 Å². The van der Waals surface area contributed by atoms with Crippen molar-refractivity contribution in [3.05, 3.63) is 47.3 Å². The Balaban J connectivity index is 1.21. The molecule has 0 spiro atoms. The van der Waals surface area contributed by atoms with Gasteiger partial charge in [-0.2, -0.15) is 0 Å². The van der Waals surface area contributed by atoms with Crippen LogP contribution in [0.4, 0.5) is 4.39 Å². The summed E-state index contributed by atoms with van der Waals surface area (Å²) in [5.41, 5.74) is -1.60. The molecule has 1 aromatic heterocycles. The molecule has 0 amide bonds. The maximum Gasteiger partial charge on any atom is 0.311 e. The lowest BCUT2D eigenvalue weighted by Gasteiger charge is -2.48. The minimum atomic E-state index is -1.82. The van der Waals surface area contributed by atoms with E-state index in [1.165, 1.54) is 19.6 Å². The second-order valence-corrected chi connectivity index (χ2v) is 24.2. The molecule has 1 aromatic carbocycles. The number of likely N-dealkylation sites (N-methyl/N-ethyl adjacent to an activating group) is 3. The first-order valence-electron chi connectivity index (χ1n) is 28.3. The van der Waals surface area contributed by atoms with Crippen molar-refractivity contribution in [3.63, 3.8) is 0 Å². The number of aliphatic hydroxyl groups excluding tert-OH is 2. The van der Waals surface area contributed by atoms with Gasteiger partial charge >= 0.3 is 5.97 Å². The van der Waals surface area contributed by atoms with Gasteiger partial charge < -0.3 is 68.3 Å². The molecule has 4 saturated heterocycles. The summed E-state index contributed by atoms with van der Waals surface area (Å²) in [5.74, 6) is -2.55. The topological polar surface area (TPSA) is 206 Å². The zero-order valence-electron chi connectivity index (χ0n) is 49.1. The number of cyclic esters (lactones) is 1. The number of alkyl halides is 1. The zero-order chi connectivity index (χ0) is 56.7. The highest BCUT2D eigenvalue weighted by atomic mass is 19.1. The van der Waals surface area contributed by atoms with Crippen molar-refractivity contribution in [1.82, 2.24) is 34.6 Å². The van der Waals surface area contributed by atoms with E-state index in [-0.39, 0.29) is 37.3 Å². The highest BCUT2D eigenvalue weighted by molar-refractivity contribution is 5.73. The Hall–Kier alpha value is -2.80. The van der Waals surface area contributed by atoms with E-state index in [1.54, 1.807) is 46.4 Å². The van der Waals surface area contributed by atoms with Gasteiger partial charge in [-0.25, -0.2) is 9.07 Å². The lowest BCUT2D eigenvalue weighted by atomic mass is 9.77. The third kappa shape index (κ3) is 15.6. The van der Waals surface area contributed by atoms with E-state index in [1.807, 2.05) is 58.0 Å². The third-order valence-electron chi connectivity index (χ3n) is 17.7. The number of aromatic nitrogens is 3. The van der Waals surface area contributed by atoms with E-state index in [0.29, 0.717) is 38.0 Å². The van der Waals surface area contributed by atoms with Crippen LogP contribution >= 0.6 is 0 Å². The van der Waals surface area contributed by atoms with Crippen molar-refractivity contribution in [2.24, 2.45) is 17.8 Å².